The Labute approximate surface area is 93.2 Å². The van der Waals surface area contributed by atoms with Gasteiger partial charge in [-0.25, -0.2) is 0 Å². The number of amides is 2. The van der Waals surface area contributed by atoms with E-state index in [0.717, 1.165) is 0 Å². The highest BCUT2D eigenvalue weighted by atomic mass is 16.2. The number of rotatable bonds is 3. The number of carbonyl (C=O) groups excluding carboxylic acids is 2. The molecule has 0 unspecified atom stereocenters. The van der Waals surface area contributed by atoms with Gasteiger partial charge in [0, 0.05) is 21.1 Å². The average Bonchev–Trinajstić information content (AvgIpc) is 2.62. The van der Waals surface area contributed by atoms with Crippen molar-refractivity contribution in [3.63, 3.8) is 0 Å². The highest BCUT2D eigenvalue weighted by Crippen LogP contribution is 2.08. The molecule has 0 aliphatic carbocycles. The minimum atomic E-state index is -0.332. The first kappa shape index (κ1) is 12.0. The van der Waals surface area contributed by atoms with Crippen LogP contribution in [-0.4, -0.2) is 59.5 Å². The third-order valence-corrected chi connectivity index (χ3v) is 2.12. The van der Waals surface area contributed by atoms with E-state index in [4.69, 9.17) is 5.73 Å². The highest BCUT2D eigenvalue weighted by molar-refractivity contribution is 5.99. The van der Waals surface area contributed by atoms with Gasteiger partial charge in [-0.15, -0.1) is 0 Å². The Morgan fingerprint density at radius 3 is 2.50 bits per heavy atom. The molecule has 0 aliphatic heterocycles. The summed E-state index contributed by atoms with van der Waals surface area (Å²) in [6.07, 6.45) is 1.34. The summed E-state index contributed by atoms with van der Waals surface area (Å²) in [5.74, 6) is -0.284. The van der Waals surface area contributed by atoms with Crippen molar-refractivity contribution in [2.45, 2.75) is 0 Å². The Morgan fingerprint density at radius 2 is 2.06 bits per heavy atom. The van der Waals surface area contributed by atoms with Crippen LogP contribution in [0.1, 0.15) is 10.4 Å². The average molecular weight is 225 g/mol. The molecular weight excluding hydrogens is 210 g/mol. The van der Waals surface area contributed by atoms with E-state index in [0.29, 0.717) is 0 Å². The summed E-state index contributed by atoms with van der Waals surface area (Å²) in [5, 5.41) is 6.11. The highest BCUT2D eigenvalue weighted by Gasteiger charge is 2.18. The summed E-state index contributed by atoms with van der Waals surface area (Å²) >= 11 is 0. The molecule has 0 aliphatic rings. The largest absolute Gasteiger partial charge is 0.383 e. The fraction of sp³-hybridized carbons (Fsp3) is 0.444. The molecular formula is C9H15N5O2. The number of nitrogen functional groups attached to an aromatic ring is 1. The lowest BCUT2D eigenvalue weighted by atomic mass is 10.3. The van der Waals surface area contributed by atoms with Crippen LogP contribution in [-0.2, 0) is 4.79 Å². The summed E-state index contributed by atoms with van der Waals surface area (Å²) in [6, 6.07) is 0. The molecule has 16 heavy (non-hydrogen) atoms. The molecule has 0 fully saturated rings. The Morgan fingerprint density at radius 1 is 1.44 bits per heavy atom. The minimum Gasteiger partial charge on any atom is -0.383 e. The maximum atomic E-state index is 11.8. The summed E-state index contributed by atoms with van der Waals surface area (Å²) < 4.78 is 0. The number of nitrogens with two attached hydrogens (primary N) is 1. The van der Waals surface area contributed by atoms with Gasteiger partial charge in [0.15, 0.2) is 0 Å². The molecule has 3 N–H and O–H groups in total. The van der Waals surface area contributed by atoms with Gasteiger partial charge in [-0.05, 0) is 0 Å². The maximum Gasteiger partial charge on any atom is 0.259 e. The van der Waals surface area contributed by atoms with Crippen LogP contribution in [0.15, 0.2) is 6.20 Å². The van der Waals surface area contributed by atoms with Gasteiger partial charge in [0.05, 0.1) is 12.7 Å². The molecule has 0 saturated heterocycles. The molecule has 1 aromatic rings. The SMILES string of the molecule is CN(C)C(=O)CN(C)C(=O)c1cn[nH]c1N. The fourth-order valence-electron chi connectivity index (χ4n) is 1.09. The molecule has 1 rings (SSSR count). The summed E-state index contributed by atoms with van der Waals surface area (Å²) in [6.45, 7) is 0.0104. The number of nitrogens with zero attached hydrogens (tertiary/aromatic N) is 3. The van der Waals surface area contributed by atoms with Crippen LogP contribution in [0.3, 0.4) is 0 Å². The Kier molecular flexibility index (Phi) is 3.49. The van der Waals surface area contributed by atoms with Crippen LogP contribution in [0, 0.1) is 0 Å². The van der Waals surface area contributed by atoms with Gasteiger partial charge in [-0.1, -0.05) is 0 Å². The Bertz CT molecular complexity index is 398. The second kappa shape index (κ2) is 4.65. The van der Waals surface area contributed by atoms with Crippen molar-refractivity contribution in [3.8, 4) is 0 Å². The zero-order valence-corrected chi connectivity index (χ0v) is 9.52. The molecule has 88 valence electrons. The van der Waals surface area contributed by atoms with Crippen molar-refractivity contribution >= 4 is 17.6 Å². The lowest BCUT2D eigenvalue weighted by Crippen LogP contribution is -2.37. The second-order valence-electron chi connectivity index (χ2n) is 3.65. The fourth-order valence-corrected chi connectivity index (χ4v) is 1.09. The molecule has 2 amide bonds. The van der Waals surface area contributed by atoms with E-state index in [2.05, 4.69) is 10.2 Å². The van der Waals surface area contributed by atoms with E-state index in [9.17, 15) is 9.59 Å². The third-order valence-electron chi connectivity index (χ3n) is 2.12. The maximum absolute atomic E-state index is 11.8. The number of hydrogen-bond donors (Lipinski definition) is 2. The second-order valence-corrected chi connectivity index (χ2v) is 3.65. The summed E-state index contributed by atoms with van der Waals surface area (Å²) in [4.78, 5) is 25.9. The molecule has 0 aromatic carbocycles. The van der Waals surface area contributed by atoms with E-state index < -0.39 is 0 Å². The van der Waals surface area contributed by atoms with Crippen LogP contribution in [0.4, 0.5) is 5.82 Å². The molecule has 7 nitrogen and oxygen atoms in total. The predicted molar refractivity (Wildman–Crippen MR) is 58.7 cm³/mol. The van der Waals surface area contributed by atoms with Crippen LogP contribution >= 0.6 is 0 Å². The summed E-state index contributed by atoms with van der Waals surface area (Å²) in [5.41, 5.74) is 5.78. The van der Waals surface area contributed by atoms with Gasteiger partial charge in [0.25, 0.3) is 5.91 Å². The quantitative estimate of drug-likeness (QED) is 0.700. The van der Waals surface area contributed by atoms with Crippen molar-refractivity contribution in [2.75, 3.05) is 33.4 Å². The van der Waals surface area contributed by atoms with Gasteiger partial charge >= 0.3 is 0 Å². The first-order valence-corrected chi connectivity index (χ1v) is 4.68. The van der Waals surface area contributed by atoms with E-state index in [1.54, 1.807) is 14.1 Å². The minimum absolute atomic E-state index is 0.0104. The third kappa shape index (κ3) is 2.50. The zero-order valence-electron chi connectivity index (χ0n) is 9.52. The van der Waals surface area contributed by atoms with Crippen molar-refractivity contribution in [1.82, 2.24) is 20.0 Å². The van der Waals surface area contributed by atoms with Gasteiger partial charge in [-0.2, -0.15) is 5.10 Å². The first-order valence-electron chi connectivity index (χ1n) is 4.68. The zero-order chi connectivity index (χ0) is 12.3. The van der Waals surface area contributed by atoms with E-state index >= 15 is 0 Å². The molecule has 0 bridgehead atoms. The molecule has 0 atom stereocenters. The van der Waals surface area contributed by atoms with E-state index in [1.807, 2.05) is 0 Å². The van der Waals surface area contributed by atoms with Crippen LogP contribution in [0.2, 0.25) is 0 Å². The molecule has 0 spiro atoms. The number of aromatic nitrogens is 2. The molecule has 0 radical (unpaired) electrons. The smallest absolute Gasteiger partial charge is 0.259 e. The number of anilines is 1. The van der Waals surface area contributed by atoms with Crippen molar-refractivity contribution in [3.05, 3.63) is 11.8 Å². The van der Waals surface area contributed by atoms with Crippen molar-refractivity contribution in [1.29, 1.82) is 0 Å². The standard InChI is InChI=1S/C9H15N5O2/c1-13(2)7(15)5-14(3)9(16)6-4-11-12-8(6)10/h4H,5H2,1-3H3,(H3,10,11,12). The number of carbonyl (C=O) groups is 2. The van der Waals surface area contributed by atoms with Crippen molar-refractivity contribution < 1.29 is 9.59 Å². The van der Waals surface area contributed by atoms with E-state index in [1.165, 1.54) is 23.0 Å². The van der Waals surface area contributed by atoms with Crippen LogP contribution in [0.25, 0.3) is 0 Å². The topological polar surface area (TPSA) is 95.3 Å². The number of nitrogens with one attached hydrogen (secondary N) is 1. The molecule has 7 heteroatoms. The number of likely N-dealkylation sites (N-methyl/N-ethyl adjacent to an activating group) is 2. The van der Waals surface area contributed by atoms with Gasteiger partial charge in [0.1, 0.15) is 11.4 Å². The molecule has 1 heterocycles. The molecule has 0 saturated carbocycles. The lowest BCUT2D eigenvalue weighted by Gasteiger charge is -2.18. The Balaban J connectivity index is 2.69. The van der Waals surface area contributed by atoms with Gasteiger partial charge in [-0.3, -0.25) is 14.7 Å². The number of H-pyrrole nitrogens is 1. The Hall–Kier alpha value is -2.05. The first-order chi connectivity index (χ1) is 7.43. The van der Waals surface area contributed by atoms with Crippen LogP contribution < -0.4 is 5.73 Å². The van der Waals surface area contributed by atoms with E-state index in [-0.39, 0.29) is 29.7 Å². The lowest BCUT2D eigenvalue weighted by molar-refractivity contribution is -0.129. The normalized spacial score (nSPS) is 9.94. The number of aromatic amines is 1. The van der Waals surface area contributed by atoms with Gasteiger partial charge in [0.2, 0.25) is 5.91 Å². The number of hydrogen-bond acceptors (Lipinski definition) is 4. The van der Waals surface area contributed by atoms with Crippen molar-refractivity contribution in [2.24, 2.45) is 0 Å². The summed E-state index contributed by atoms with van der Waals surface area (Å²) in [7, 11) is 4.80. The predicted octanol–water partition coefficient (Wildman–Crippen LogP) is -0.848. The monoisotopic (exact) mass is 225 g/mol. The van der Waals surface area contributed by atoms with Gasteiger partial charge < -0.3 is 15.5 Å². The van der Waals surface area contributed by atoms with Crippen LogP contribution in [0.5, 0.6) is 0 Å². The molecule has 1 aromatic heterocycles.